The van der Waals surface area contributed by atoms with Crippen molar-refractivity contribution in [2.45, 2.75) is 58.8 Å². The van der Waals surface area contributed by atoms with Crippen molar-refractivity contribution in [2.75, 3.05) is 5.32 Å². The van der Waals surface area contributed by atoms with Gasteiger partial charge < -0.3 is 5.32 Å². The van der Waals surface area contributed by atoms with Gasteiger partial charge in [0.1, 0.15) is 5.41 Å². The lowest BCUT2D eigenvalue weighted by atomic mass is 9.79. The molecule has 1 aromatic carbocycles. The van der Waals surface area contributed by atoms with E-state index in [4.69, 9.17) is 0 Å². The lowest BCUT2D eigenvalue weighted by molar-refractivity contribution is -0.123. The predicted octanol–water partition coefficient (Wildman–Crippen LogP) is 4.22. The Morgan fingerprint density at radius 1 is 1.24 bits per heavy atom. The van der Waals surface area contributed by atoms with Crippen molar-refractivity contribution in [3.63, 3.8) is 0 Å². The van der Waals surface area contributed by atoms with Crippen LogP contribution >= 0.6 is 0 Å². The standard InChI is InChI=1S/C18H24N2O/c1-3-10-18(13-19,11-4-2)17(21)20-16-9-8-14-6-5-7-15(14)12-16/h8-9,12H,3-7,10-11H2,1-2H3,(H,20,21). The van der Waals surface area contributed by atoms with Gasteiger partial charge in [-0.05, 0) is 55.4 Å². The summed E-state index contributed by atoms with van der Waals surface area (Å²) in [6.07, 6.45) is 6.34. The van der Waals surface area contributed by atoms with Crippen molar-refractivity contribution >= 4 is 11.6 Å². The number of hydrogen-bond acceptors (Lipinski definition) is 2. The summed E-state index contributed by atoms with van der Waals surface area (Å²) < 4.78 is 0. The Bertz CT molecular complexity index is 551. The molecule has 3 heteroatoms. The van der Waals surface area contributed by atoms with Gasteiger partial charge in [-0.15, -0.1) is 0 Å². The van der Waals surface area contributed by atoms with Crippen molar-refractivity contribution in [3.8, 4) is 6.07 Å². The highest BCUT2D eigenvalue weighted by atomic mass is 16.2. The number of nitriles is 1. The molecule has 0 bridgehead atoms. The van der Waals surface area contributed by atoms with Crippen molar-refractivity contribution in [3.05, 3.63) is 29.3 Å². The minimum Gasteiger partial charge on any atom is -0.325 e. The zero-order valence-corrected chi connectivity index (χ0v) is 13.0. The van der Waals surface area contributed by atoms with E-state index in [-0.39, 0.29) is 5.91 Å². The van der Waals surface area contributed by atoms with Crippen LogP contribution in [-0.4, -0.2) is 5.91 Å². The largest absolute Gasteiger partial charge is 0.325 e. The number of aryl methyl sites for hydroxylation is 2. The van der Waals surface area contributed by atoms with Crippen LogP contribution in [0.15, 0.2) is 18.2 Å². The first-order chi connectivity index (χ1) is 10.1. The molecule has 1 aliphatic carbocycles. The first kappa shape index (κ1) is 15.6. The molecule has 1 aliphatic rings. The summed E-state index contributed by atoms with van der Waals surface area (Å²) in [5.74, 6) is -0.147. The van der Waals surface area contributed by atoms with E-state index in [1.807, 2.05) is 19.9 Å². The molecule has 0 saturated carbocycles. The van der Waals surface area contributed by atoms with Gasteiger partial charge in [0, 0.05) is 5.69 Å². The van der Waals surface area contributed by atoms with Crippen LogP contribution in [0.2, 0.25) is 0 Å². The molecular weight excluding hydrogens is 260 g/mol. The highest BCUT2D eigenvalue weighted by Crippen LogP contribution is 2.32. The van der Waals surface area contributed by atoms with E-state index in [1.165, 1.54) is 17.5 Å². The van der Waals surface area contributed by atoms with E-state index in [0.29, 0.717) is 12.8 Å². The van der Waals surface area contributed by atoms with Crippen molar-refractivity contribution in [1.29, 1.82) is 5.26 Å². The highest BCUT2D eigenvalue weighted by Gasteiger charge is 2.37. The van der Waals surface area contributed by atoms with Crippen LogP contribution in [-0.2, 0) is 17.6 Å². The minimum atomic E-state index is -0.886. The number of benzene rings is 1. The SMILES string of the molecule is CCCC(C#N)(CCC)C(=O)Nc1ccc2c(c1)CCC2. The lowest BCUT2D eigenvalue weighted by Crippen LogP contribution is -2.35. The first-order valence-electron chi connectivity index (χ1n) is 7.99. The number of nitrogens with zero attached hydrogens (tertiary/aromatic N) is 1. The molecule has 0 fully saturated rings. The Morgan fingerprint density at radius 3 is 2.52 bits per heavy atom. The molecule has 0 aliphatic heterocycles. The van der Waals surface area contributed by atoms with Crippen LogP contribution < -0.4 is 5.32 Å². The van der Waals surface area contributed by atoms with Crippen LogP contribution in [0.1, 0.15) is 57.1 Å². The van der Waals surface area contributed by atoms with Gasteiger partial charge in [0.05, 0.1) is 6.07 Å². The summed E-state index contributed by atoms with van der Waals surface area (Å²) in [5.41, 5.74) is 2.66. The normalized spacial score (nSPS) is 13.6. The average molecular weight is 284 g/mol. The molecule has 0 spiro atoms. The van der Waals surface area contributed by atoms with Crippen molar-refractivity contribution in [1.82, 2.24) is 0 Å². The van der Waals surface area contributed by atoms with Gasteiger partial charge >= 0.3 is 0 Å². The summed E-state index contributed by atoms with van der Waals surface area (Å²) in [7, 11) is 0. The summed E-state index contributed by atoms with van der Waals surface area (Å²) in [6, 6.07) is 8.41. The summed E-state index contributed by atoms with van der Waals surface area (Å²) in [5, 5.41) is 12.5. The molecule has 1 N–H and O–H groups in total. The summed E-state index contributed by atoms with van der Waals surface area (Å²) in [4.78, 5) is 12.6. The maximum atomic E-state index is 12.6. The fourth-order valence-corrected chi connectivity index (χ4v) is 3.27. The molecule has 0 radical (unpaired) electrons. The van der Waals surface area contributed by atoms with Crippen LogP contribution in [0.3, 0.4) is 0 Å². The van der Waals surface area contributed by atoms with Gasteiger partial charge in [-0.3, -0.25) is 4.79 Å². The predicted molar refractivity (Wildman–Crippen MR) is 85.0 cm³/mol. The molecule has 0 heterocycles. The fraction of sp³-hybridized carbons (Fsp3) is 0.556. The van der Waals surface area contributed by atoms with E-state index in [0.717, 1.165) is 31.4 Å². The number of fused-ring (bicyclic) bond motifs is 1. The van der Waals surface area contributed by atoms with Gasteiger partial charge in [-0.25, -0.2) is 0 Å². The molecule has 3 nitrogen and oxygen atoms in total. The van der Waals surface area contributed by atoms with Crippen LogP contribution in [0, 0.1) is 16.7 Å². The number of amides is 1. The Labute approximate surface area is 127 Å². The number of carbonyl (C=O) groups excluding carboxylic acids is 1. The van der Waals surface area contributed by atoms with Crippen molar-refractivity contribution < 1.29 is 4.79 Å². The molecule has 2 rings (SSSR count). The number of hydrogen-bond donors (Lipinski definition) is 1. The topological polar surface area (TPSA) is 52.9 Å². The van der Waals surface area contributed by atoms with E-state index in [9.17, 15) is 10.1 Å². The Balaban J connectivity index is 2.17. The first-order valence-corrected chi connectivity index (χ1v) is 7.99. The molecule has 0 saturated heterocycles. The van der Waals surface area contributed by atoms with Gasteiger partial charge in [0.25, 0.3) is 0 Å². The zero-order valence-electron chi connectivity index (χ0n) is 13.0. The second kappa shape index (κ2) is 6.76. The molecule has 112 valence electrons. The van der Waals surface area contributed by atoms with Crippen LogP contribution in [0.5, 0.6) is 0 Å². The van der Waals surface area contributed by atoms with Gasteiger partial charge in [0.15, 0.2) is 0 Å². The molecule has 21 heavy (non-hydrogen) atoms. The van der Waals surface area contributed by atoms with Gasteiger partial charge in [-0.1, -0.05) is 32.8 Å². The monoisotopic (exact) mass is 284 g/mol. The Morgan fingerprint density at radius 2 is 1.90 bits per heavy atom. The smallest absolute Gasteiger partial charge is 0.244 e. The van der Waals surface area contributed by atoms with E-state index in [1.54, 1.807) is 0 Å². The van der Waals surface area contributed by atoms with Gasteiger partial charge in [0.2, 0.25) is 5.91 Å². The molecule has 0 atom stereocenters. The summed E-state index contributed by atoms with van der Waals surface area (Å²) >= 11 is 0. The van der Waals surface area contributed by atoms with Crippen LogP contribution in [0.4, 0.5) is 5.69 Å². The van der Waals surface area contributed by atoms with Crippen molar-refractivity contribution in [2.24, 2.45) is 5.41 Å². The lowest BCUT2D eigenvalue weighted by Gasteiger charge is -2.24. The zero-order chi connectivity index (χ0) is 15.3. The fourth-order valence-electron chi connectivity index (χ4n) is 3.27. The van der Waals surface area contributed by atoms with Gasteiger partial charge in [-0.2, -0.15) is 5.26 Å². The average Bonchev–Trinajstić information content (AvgIpc) is 2.94. The molecule has 1 aromatic rings. The third-order valence-electron chi connectivity index (χ3n) is 4.36. The molecule has 1 amide bonds. The molecular formula is C18H24N2O. The second-order valence-electron chi connectivity index (χ2n) is 5.99. The second-order valence-corrected chi connectivity index (χ2v) is 5.99. The van der Waals surface area contributed by atoms with E-state index >= 15 is 0 Å². The Hall–Kier alpha value is -1.82. The quantitative estimate of drug-likeness (QED) is 0.850. The maximum absolute atomic E-state index is 12.6. The number of anilines is 1. The molecule has 0 unspecified atom stereocenters. The maximum Gasteiger partial charge on any atom is 0.244 e. The Kier molecular flexibility index (Phi) is 5.01. The summed E-state index contributed by atoms with van der Waals surface area (Å²) in [6.45, 7) is 4.04. The number of carbonyl (C=O) groups is 1. The third kappa shape index (κ3) is 3.26. The van der Waals surface area contributed by atoms with E-state index in [2.05, 4.69) is 23.5 Å². The van der Waals surface area contributed by atoms with Crippen LogP contribution in [0.25, 0.3) is 0 Å². The van der Waals surface area contributed by atoms with E-state index < -0.39 is 5.41 Å². The molecule has 0 aromatic heterocycles. The third-order valence-corrected chi connectivity index (χ3v) is 4.36. The number of rotatable bonds is 6. The number of nitrogens with one attached hydrogen (secondary N) is 1. The minimum absolute atomic E-state index is 0.147. The highest BCUT2D eigenvalue weighted by molar-refractivity contribution is 5.97.